The largest absolute Gasteiger partial charge is 0.387 e. The van der Waals surface area contributed by atoms with Crippen LogP contribution in [0.3, 0.4) is 0 Å². The van der Waals surface area contributed by atoms with Gasteiger partial charge in [-0.1, -0.05) is 6.07 Å². The normalized spacial score (nSPS) is 10.1. The van der Waals surface area contributed by atoms with Crippen LogP contribution >= 0.6 is 0 Å². The van der Waals surface area contributed by atoms with Gasteiger partial charge in [0.2, 0.25) is 0 Å². The number of nitrogens with one attached hydrogen (secondary N) is 1. The Morgan fingerprint density at radius 1 is 1.32 bits per heavy atom. The molecule has 0 saturated carbocycles. The van der Waals surface area contributed by atoms with E-state index in [-0.39, 0.29) is 5.91 Å². The Bertz CT molecular complexity index is 581. The lowest BCUT2D eigenvalue weighted by Gasteiger charge is -2.19. The zero-order chi connectivity index (χ0) is 13.8. The first-order chi connectivity index (χ1) is 9.13. The molecule has 0 bridgehead atoms. The van der Waals surface area contributed by atoms with Gasteiger partial charge in [0.25, 0.3) is 5.91 Å². The van der Waals surface area contributed by atoms with E-state index in [0.717, 1.165) is 16.9 Å². The van der Waals surface area contributed by atoms with Gasteiger partial charge >= 0.3 is 0 Å². The zero-order valence-electron chi connectivity index (χ0n) is 11.3. The predicted molar refractivity (Wildman–Crippen MR) is 77.7 cm³/mol. The van der Waals surface area contributed by atoms with Crippen LogP contribution in [0, 0.1) is 6.92 Å². The van der Waals surface area contributed by atoms with E-state index in [2.05, 4.69) is 10.3 Å². The molecule has 2 aromatic rings. The average molecular weight is 255 g/mol. The molecule has 0 aliphatic carbocycles. The Morgan fingerprint density at radius 3 is 2.74 bits per heavy atom. The molecule has 19 heavy (non-hydrogen) atoms. The third-order valence-electron chi connectivity index (χ3n) is 3.01. The average Bonchev–Trinajstić information content (AvgIpc) is 2.46. The van der Waals surface area contributed by atoms with Crippen LogP contribution in [-0.2, 0) is 0 Å². The summed E-state index contributed by atoms with van der Waals surface area (Å²) in [5, 5.41) is 3.06. The number of hydrogen-bond acceptors (Lipinski definition) is 3. The van der Waals surface area contributed by atoms with Crippen molar-refractivity contribution in [1.29, 1.82) is 0 Å². The minimum absolute atomic E-state index is 0.0580. The number of aryl methyl sites for hydroxylation is 1. The van der Waals surface area contributed by atoms with E-state index in [1.807, 2.05) is 44.3 Å². The summed E-state index contributed by atoms with van der Waals surface area (Å²) in [6.45, 7) is 2.00. The van der Waals surface area contributed by atoms with Gasteiger partial charge in [-0.3, -0.25) is 9.78 Å². The third kappa shape index (κ3) is 2.73. The quantitative estimate of drug-likeness (QED) is 0.917. The number of rotatable bonds is 3. The summed E-state index contributed by atoms with van der Waals surface area (Å²) < 4.78 is 0. The van der Waals surface area contributed by atoms with Gasteiger partial charge in [0.1, 0.15) is 0 Å². The third-order valence-corrected chi connectivity index (χ3v) is 3.01. The van der Waals surface area contributed by atoms with E-state index in [1.165, 1.54) is 0 Å². The van der Waals surface area contributed by atoms with Crippen LogP contribution in [-0.4, -0.2) is 25.0 Å². The number of amides is 1. The van der Waals surface area contributed by atoms with Crippen molar-refractivity contribution in [2.45, 2.75) is 6.92 Å². The molecule has 0 aliphatic rings. The topological polar surface area (TPSA) is 45.2 Å². The minimum atomic E-state index is -0.0580. The highest BCUT2D eigenvalue weighted by Crippen LogP contribution is 2.21. The van der Waals surface area contributed by atoms with E-state index in [1.54, 1.807) is 24.3 Å². The summed E-state index contributed by atoms with van der Waals surface area (Å²) >= 11 is 0. The highest BCUT2D eigenvalue weighted by Gasteiger charge is 2.16. The van der Waals surface area contributed by atoms with Crippen LogP contribution < -0.4 is 10.2 Å². The molecule has 0 radical (unpaired) electrons. The molecule has 0 spiro atoms. The van der Waals surface area contributed by atoms with Crippen molar-refractivity contribution in [3.05, 3.63) is 53.9 Å². The molecular weight excluding hydrogens is 238 g/mol. The number of hydrogen-bond donors (Lipinski definition) is 1. The van der Waals surface area contributed by atoms with Crippen molar-refractivity contribution < 1.29 is 4.79 Å². The van der Waals surface area contributed by atoms with Gasteiger partial charge in [-0.15, -0.1) is 0 Å². The monoisotopic (exact) mass is 255 g/mol. The second-order valence-corrected chi connectivity index (χ2v) is 4.37. The molecule has 4 nitrogen and oxygen atoms in total. The second-order valence-electron chi connectivity index (χ2n) is 4.37. The number of carbonyl (C=O) groups excluding carboxylic acids is 1. The fourth-order valence-corrected chi connectivity index (χ4v) is 1.90. The number of pyridine rings is 1. The maximum atomic E-state index is 12.5. The van der Waals surface area contributed by atoms with Gasteiger partial charge in [0.15, 0.2) is 0 Å². The minimum Gasteiger partial charge on any atom is -0.387 e. The standard InChI is InChI=1S/C15H17N3O/c1-11-6-7-13(14(9-11)16-2)15(19)18(3)12-5-4-8-17-10-12/h4-10,16H,1-3H3. The summed E-state index contributed by atoms with van der Waals surface area (Å²) in [6, 6.07) is 9.41. The number of aromatic nitrogens is 1. The summed E-state index contributed by atoms with van der Waals surface area (Å²) in [5.74, 6) is -0.0580. The molecule has 98 valence electrons. The van der Waals surface area contributed by atoms with E-state index in [0.29, 0.717) is 5.56 Å². The van der Waals surface area contributed by atoms with Crippen LogP contribution in [0.5, 0.6) is 0 Å². The van der Waals surface area contributed by atoms with E-state index < -0.39 is 0 Å². The molecule has 0 aliphatic heterocycles. The molecule has 4 heteroatoms. The maximum Gasteiger partial charge on any atom is 0.260 e. The fourth-order valence-electron chi connectivity index (χ4n) is 1.90. The zero-order valence-corrected chi connectivity index (χ0v) is 11.3. The van der Waals surface area contributed by atoms with Crippen LogP contribution in [0.25, 0.3) is 0 Å². The summed E-state index contributed by atoms with van der Waals surface area (Å²) in [4.78, 5) is 18.1. The molecule has 0 unspecified atom stereocenters. The summed E-state index contributed by atoms with van der Waals surface area (Å²) in [6.07, 6.45) is 3.36. The SMILES string of the molecule is CNc1cc(C)ccc1C(=O)N(C)c1cccnc1. The molecule has 1 aromatic carbocycles. The van der Waals surface area contributed by atoms with Crippen LogP contribution in [0.4, 0.5) is 11.4 Å². The smallest absolute Gasteiger partial charge is 0.260 e. The number of nitrogens with zero attached hydrogens (tertiary/aromatic N) is 2. The first-order valence-corrected chi connectivity index (χ1v) is 6.10. The van der Waals surface area contributed by atoms with Gasteiger partial charge in [-0.25, -0.2) is 0 Å². The Hall–Kier alpha value is -2.36. The van der Waals surface area contributed by atoms with Gasteiger partial charge in [0.05, 0.1) is 17.4 Å². The summed E-state index contributed by atoms with van der Waals surface area (Å²) in [7, 11) is 3.56. The van der Waals surface area contributed by atoms with Gasteiger partial charge < -0.3 is 10.2 Å². The molecule has 2 rings (SSSR count). The molecule has 0 saturated heterocycles. The van der Waals surface area contributed by atoms with Crippen molar-refractivity contribution in [1.82, 2.24) is 4.98 Å². The maximum absolute atomic E-state index is 12.5. The van der Waals surface area contributed by atoms with Crippen molar-refractivity contribution in [2.24, 2.45) is 0 Å². The molecular formula is C15H17N3O. The lowest BCUT2D eigenvalue weighted by molar-refractivity contribution is 0.0993. The number of anilines is 2. The van der Waals surface area contributed by atoms with Crippen molar-refractivity contribution in [3.8, 4) is 0 Å². The highest BCUT2D eigenvalue weighted by molar-refractivity contribution is 6.09. The first-order valence-electron chi connectivity index (χ1n) is 6.10. The van der Waals surface area contributed by atoms with Crippen molar-refractivity contribution in [2.75, 3.05) is 24.3 Å². The first kappa shape index (κ1) is 13.1. The molecule has 1 amide bonds. The van der Waals surface area contributed by atoms with Crippen molar-refractivity contribution >= 4 is 17.3 Å². The molecule has 0 atom stereocenters. The van der Waals surface area contributed by atoms with Gasteiger partial charge in [0, 0.05) is 26.0 Å². The Labute approximate surface area is 113 Å². The van der Waals surface area contributed by atoms with E-state index >= 15 is 0 Å². The molecule has 1 heterocycles. The van der Waals surface area contributed by atoms with E-state index in [9.17, 15) is 4.79 Å². The lowest BCUT2D eigenvalue weighted by atomic mass is 10.1. The number of carbonyl (C=O) groups is 1. The molecule has 0 fully saturated rings. The lowest BCUT2D eigenvalue weighted by Crippen LogP contribution is -2.27. The summed E-state index contributed by atoms with van der Waals surface area (Å²) in [5.41, 5.74) is 3.38. The molecule has 1 aromatic heterocycles. The van der Waals surface area contributed by atoms with Gasteiger partial charge in [-0.05, 0) is 36.8 Å². The van der Waals surface area contributed by atoms with Gasteiger partial charge in [-0.2, -0.15) is 0 Å². The highest BCUT2D eigenvalue weighted by atomic mass is 16.2. The molecule has 1 N–H and O–H groups in total. The Kier molecular flexibility index (Phi) is 3.80. The Morgan fingerprint density at radius 2 is 2.11 bits per heavy atom. The Balaban J connectivity index is 2.34. The number of benzene rings is 1. The predicted octanol–water partition coefficient (Wildman–Crippen LogP) is 2.71. The second kappa shape index (κ2) is 5.52. The van der Waals surface area contributed by atoms with Crippen LogP contribution in [0.2, 0.25) is 0 Å². The van der Waals surface area contributed by atoms with E-state index in [4.69, 9.17) is 0 Å². The van der Waals surface area contributed by atoms with Crippen LogP contribution in [0.15, 0.2) is 42.7 Å². The van der Waals surface area contributed by atoms with Crippen LogP contribution in [0.1, 0.15) is 15.9 Å². The van der Waals surface area contributed by atoms with Crippen molar-refractivity contribution in [3.63, 3.8) is 0 Å². The fraction of sp³-hybridized carbons (Fsp3) is 0.200.